The number of sulfonamides is 1. The molecule has 2 aliphatic rings. The summed E-state index contributed by atoms with van der Waals surface area (Å²) >= 11 is 0. The molecule has 0 unspecified atom stereocenters. The number of nitrogens with zero attached hydrogens (tertiary/aromatic N) is 5. The van der Waals surface area contributed by atoms with Gasteiger partial charge in [0.2, 0.25) is 10.0 Å². The van der Waals surface area contributed by atoms with Crippen molar-refractivity contribution in [2.24, 2.45) is 5.41 Å². The summed E-state index contributed by atoms with van der Waals surface area (Å²) in [5.74, 6) is 0.633. The molecule has 12 heteroatoms. The highest BCUT2D eigenvalue weighted by Crippen LogP contribution is 2.41. The van der Waals surface area contributed by atoms with Gasteiger partial charge in [-0.1, -0.05) is 81.4 Å². The molecular weight excluding hydrogens is 583 g/mol. The van der Waals surface area contributed by atoms with Crippen LogP contribution in [0.5, 0.6) is 0 Å². The second-order valence-corrected chi connectivity index (χ2v) is 14.9. The predicted octanol–water partition coefficient (Wildman–Crippen LogP) is 4.32. The molecule has 238 valence electrons. The summed E-state index contributed by atoms with van der Waals surface area (Å²) < 4.78 is 43.7. The number of piperazine rings is 1. The highest BCUT2D eigenvalue weighted by Gasteiger charge is 2.46. The molecule has 10 nitrogen and oxygen atoms in total. The molecule has 0 aliphatic carbocycles. The molecule has 1 aromatic heterocycles. The Morgan fingerprint density at radius 1 is 1.07 bits per heavy atom. The molecule has 2 saturated heterocycles. The van der Waals surface area contributed by atoms with Gasteiger partial charge >= 0.3 is 6.09 Å². The van der Waals surface area contributed by atoms with Crippen LogP contribution in [0, 0.1) is 5.41 Å². The van der Waals surface area contributed by atoms with Crippen LogP contribution in [0.2, 0.25) is 0 Å². The first-order chi connectivity index (χ1) is 20.8. The largest absolute Gasteiger partial charge is 0.429 e. The van der Waals surface area contributed by atoms with Crippen LogP contribution < -0.4 is 5.32 Å². The number of imidazole rings is 1. The van der Waals surface area contributed by atoms with Gasteiger partial charge in [-0.2, -0.15) is 4.31 Å². The van der Waals surface area contributed by atoms with E-state index in [-0.39, 0.29) is 45.7 Å². The van der Waals surface area contributed by atoms with E-state index in [2.05, 4.69) is 9.88 Å². The van der Waals surface area contributed by atoms with Gasteiger partial charge in [-0.15, -0.1) is 5.06 Å². The molecule has 0 radical (unpaired) electrons. The number of hydrogen-bond acceptors (Lipinski definition) is 7. The first-order valence-corrected chi connectivity index (χ1v) is 16.9. The Kier molecular flexibility index (Phi) is 9.45. The molecule has 0 spiro atoms. The number of halogens is 1. The van der Waals surface area contributed by atoms with Gasteiger partial charge in [0.1, 0.15) is 11.5 Å². The lowest BCUT2D eigenvalue weighted by molar-refractivity contribution is -0.135. The smallest absolute Gasteiger partial charge is 0.351 e. The minimum Gasteiger partial charge on any atom is -0.351 e. The number of nitrogens with one attached hydrogen (secondary N) is 1. The first-order valence-electron chi connectivity index (χ1n) is 15.1. The Bertz CT molecular complexity index is 1510. The first kappa shape index (κ1) is 32.1. The van der Waals surface area contributed by atoms with Crippen molar-refractivity contribution in [1.82, 2.24) is 29.1 Å². The maximum atomic E-state index is 16.2. The predicted molar refractivity (Wildman–Crippen MR) is 168 cm³/mol. The number of carbonyl (C=O) groups excluding carboxylic acids is 1. The van der Waals surface area contributed by atoms with Gasteiger partial charge < -0.3 is 14.7 Å². The van der Waals surface area contributed by atoms with Crippen molar-refractivity contribution in [2.75, 3.05) is 52.1 Å². The number of hydrogen-bond donors (Lipinski definition) is 1. The zero-order valence-electron chi connectivity index (χ0n) is 25.9. The summed E-state index contributed by atoms with van der Waals surface area (Å²) in [4.78, 5) is 26.6. The quantitative estimate of drug-likeness (QED) is 0.378. The van der Waals surface area contributed by atoms with Gasteiger partial charge in [0.05, 0.1) is 24.5 Å². The Morgan fingerprint density at radius 2 is 1.70 bits per heavy atom. The van der Waals surface area contributed by atoms with Crippen molar-refractivity contribution in [1.29, 1.82) is 0 Å². The van der Waals surface area contributed by atoms with Crippen LogP contribution in [0.4, 0.5) is 9.18 Å². The maximum absolute atomic E-state index is 16.2. The normalized spacial score (nSPS) is 20.8. The number of amides is 1. The van der Waals surface area contributed by atoms with Crippen LogP contribution in [-0.4, -0.2) is 96.1 Å². The van der Waals surface area contributed by atoms with E-state index in [1.165, 1.54) is 20.5 Å². The third-order valence-corrected chi connectivity index (χ3v) is 9.51. The van der Waals surface area contributed by atoms with Crippen molar-refractivity contribution in [2.45, 2.75) is 45.4 Å². The molecule has 2 atom stereocenters. The number of aromatic nitrogens is 2. The van der Waals surface area contributed by atoms with Crippen LogP contribution >= 0.6 is 0 Å². The van der Waals surface area contributed by atoms with Crippen molar-refractivity contribution in [3.8, 4) is 11.3 Å². The zero-order chi connectivity index (χ0) is 31.5. The SMILES string of the molecule is CC(C)(C)[C@H](c1nc(-c2ccccc2)cn1Cc1ccccc1)N(C[C@]1(F)CCNC1)C(=O)ON1CCN(S(C)(=O)=O)CC1. The van der Waals surface area contributed by atoms with Crippen LogP contribution in [-0.2, 0) is 21.4 Å². The van der Waals surface area contributed by atoms with Crippen LogP contribution in [0.25, 0.3) is 11.3 Å². The fourth-order valence-electron chi connectivity index (χ4n) is 5.97. The molecule has 2 aliphatic heterocycles. The van der Waals surface area contributed by atoms with E-state index >= 15 is 4.39 Å². The fraction of sp³-hybridized carbons (Fsp3) is 0.500. The third-order valence-electron chi connectivity index (χ3n) is 8.20. The van der Waals surface area contributed by atoms with Gasteiger partial charge in [0, 0.05) is 51.0 Å². The summed E-state index contributed by atoms with van der Waals surface area (Å²) in [5.41, 5.74) is 0.556. The number of alkyl halides is 1. The summed E-state index contributed by atoms with van der Waals surface area (Å²) in [6.07, 6.45) is 2.75. The Morgan fingerprint density at radius 3 is 2.27 bits per heavy atom. The maximum Gasteiger partial charge on any atom is 0.429 e. The summed E-state index contributed by atoms with van der Waals surface area (Å²) in [6, 6.07) is 19.2. The second-order valence-electron chi connectivity index (χ2n) is 12.9. The average molecular weight is 627 g/mol. The number of hydroxylamine groups is 2. The average Bonchev–Trinajstić information content (AvgIpc) is 3.59. The Hall–Kier alpha value is -3.32. The molecule has 0 bridgehead atoms. The van der Waals surface area contributed by atoms with Crippen molar-refractivity contribution in [3.63, 3.8) is 0 Å². The monoisotopic (exact) mass is 626 g/mol. The highest BCUT2D eigenvalue weighted by atomic mass is 32.2. The van der Waals surface area contributed by atoms with Gasteiger partial charge in [-0.25, -0.2) is 22.6 Å². The molecule has 2 aromatic carbocycles. The van der Waals surface area contributed by atoms with E-state index in [0.717, 1.165) is 16.8 Å². The van der Waals surface area contributed by atoms with E-state index in [1.54, 1.807) is 0 Å². The van der Waals surface area contributed by atoms with E-state index in [9.17, 15) is 13.2 Å². The molecule has 1 N–H and O–H groups in total. The van der Waals surface area contributed by atoms with Crippen LogP contribution in [0.1, 0.15) is 44.6 Å². The van der Waals surface area contributed by atoms with E-state index < -0.39 is 33.2 Å². The highest BCUT2D eigenvalue weighted by molar-refractivity contribution is 7.88. The number of benzene rings is 2. The Labute approximate surface area is 259 Å². The third kappa shape index (κ3) is 7.66. The van der Waals surface area contributed by atoms with Gasteiger partial charge in [0.15, 0.2) is 0 Å². The molecule has 3 heterocycles. The molecule has 3 aromatic rings. The zero-order valence-corrected chi connectivity index (χ0v) is 26.8. The van der Waals surface area contributed by atoms with Gasteiger partial charge in [-0.3, -0.25) is 4.90 Å². The lowest BCUT2D eigenvalue weighted by Gasteiger charge is -2.42. The summed E-state index contributed by atoms with van der Waals surface area (Å²) in [7, 11) is -3.35. The second kappa shape index (κ2) is 13.0. The molecule has 1 amide bonds. The summed E-state index contributed by atoms with van der Waals surface area (Å²) in [6.45, 7) is 7.89. The lowest BCUT2D eigenvalue weighted by Crippen LogP contribution is -2.53. The minimum absolute atomic E-state index is 0.133. The minimum atomic E-state index is -3.35. The molecule has 44 heavy (non-hydrogen) atoms. The topological polar surface area (TPSA) is 100 Å². The van der Waals surface area contributed by atoms with E-state index in [1.807, 2.05) is 87.6 Å². The van der Waals surface area contributed by atoms with Gasteiger partial charge in [0.25, 0.3) is 0 Å². The van der Waals surface area contributed by atoms with Gasteiger partial charge in [-0.05, 0) is 23.9 Å². The molecule has 2 fully saturated rings. The molecule has 5 rings (SSSR count). The van der Waals surface area contributed by atoms with Crippen LogP contribution in [0.15, 0.2) is 66.9 Å². The van der Waals surface area contributed by atoms with Crippen molar-refractivity contribution >= 4 is 16.1 Å². The number of carbonyl (C=O) groups is 1. The fourth-order valence-corrected chi connectivity index (χ4v) is 6.79. The lowest BCUT2D eigenvalue weighted by atomic mass is 9.84. The van der Waals surface area contributed by atoms with Crippen LogP contribution in [0.3, 0.4) is 0 Å². The van der Waals surface area contributed by atoms with E-state index in [4.69, 9.17) is 9.82 Å². The molecular formula is C32H43FN6O4S. The number of rotatable bonds is 9. The van der Waals surface area contributed by atoms with Crippen molar-refractivity contribution in [3.05, 3.63) is 78.2 Å². The van der Waals surface area contributed by atoms with Crippen molar-refractivity contribution < 1.29 is 22.4 Å². The Balaban J connectivity index is 1.53. The standard InChI is InChI=1S/C32H43FN6O4S/c1-31(2,3)28(29-35-27(26-13-9-6-10-14-26)22-36(29)21-25-11-7-5-8-12-25)39(24-32(33)15-16-34-23-32)30(40)43-37-17-19-38(20-18-37)44(4,41)42/h5-14,22,28,34H,15-21,23-24H2,1-4H3/t28-,32-/m0/s1. The van der Waals surface area contributed by atoms with E-state index in [0.29, 0.717) is 18.9 Å². The molecule has 0 saturated carbocycles. The summed E-state index contributed by atoms with van der Waals surface area (Å²) in [5, 5.41) is 4.57.